The predicted octanol–water partition coefficient (Wildman–Crippen LogP) is 2.57. The number of ether oxygens (including phenoxy) is 1. The largest absolute Gasteiger partial charge is 0.380 e. The lowest BCUT2D eigenvalue weighted by molar-refractivity contribution is 0.126. The van der Waals surface area contributed by atoms with Crippen molar-refractivity contribution in [3.8, 4) is 0 Å². The average Bonchev–Trinajstić information content (AvgIpc) is 2.22. The molecule has 4 heteroatoms. The van der Waals surface area contributed by atoms with Gasteiger partial charge in [-0.15, -0.1) is 0 Å². The van der Waals surface area contributed by atoms with E-state index in [4.69, 9.17) is 4.74 Å². The molecule has 0 fully saturated rings. The van der Waals surface area contributed by atoms with Gasteiger partial charge in [0, 0.05) is 18.4 Å². The monoisotopic (exact) mass is 237 g/mol. The zero-order valence-electron chi connectivity index (χ0n) is 11.4. The smallest absolute Gasteiger partial charge is 0.130 e. The third kappa shape index (κ3) is 4.69. The van der Waals surface area contributed by atoms with Crippen molar-refractivity contribution >= 4 is 5.82 Å². The van der Waals surface area contributed by atoms with Crippen LogP contribution in [0.4, 0.5) is 5.82 Å². The van der Waals surface area contributed by atoms with Crippen LogP contribution in [0.3, 0.4) is 0 Å². The summed E-state index contributed by atoms with van der Waals surface area (Å²) in [4.78, 5) is 8.65. The molecule has 0 aromatic carbocycles. The van der Waals surface area contributed by atoms with Crippen LogP contribution in [0.25, 0.3) is 0 Å². The molecule has 0 bridgehead atoms. The van der Waals surface area contributed by atoms with Crippen LogP contribution in [0.15, 0.2) is 6.07 Å². The number of anilines is 1. The zero-order valence-corrected chi connectivity index (χ0v) is 11.4. The Morgan fingerprint density at radius 2 is 2.00 bits per heavy atom. The van der Waals surface area contributed by atoms with Crippen molar-refractivity contribution in [2.45, 2.75) is 40.7 Å². The summed E-state index contributed by atoms with van der Waals surface area (Å²) >= 11 is 0. The van der Waals surface area contributed by atoms with Crippen molar-refractivity contribution < 1.29 is 4.74 Å². The lowest BCUT2D eigenvalue weighted by Gasteiger charge is -2.22. The number of aryl methyl sites for hydroxylation is 2. The fourth-order valence-corrected chi connectivity index (χ4v) is 1.63. The van der Waals surface area contributed by atoms with Crippen molar-refractivity contribution in [3.05, 3.63) is 17.6 Å². The summed E-state index contributed by atoms with van der Waals surface area (Å²) in [5.41, 5.74) is 0.985. The van der Waals surface area contributed by atoms with E-state index in [1.807, 2.05) is 26.8 Å². The second-order valence-electron chi connectivity index (χ2n) is 4.60. The van der Waals surface area contributed by atoms with Gasteiger partial charge in [0.2, 0.25) is 0 Å². The van der Waals surface area contributed by atoms with Gasteiger partial charge in [-0.3, -0.25) is 0 Å². The van der Waals surface area contributed by atoms with E-state index in [1.54, 1.807) is 0 Å². The number of rotatable bonds is 6. The van der Waals surface area contributed by atoms with Gasteiger partial charge in [0.15, 0.2) is 0 Å². The number of nitrogens with one attached hydrogen (secondary N) is 1. The quantitative estimate of drug-likeness (QED) is 0.826. The van der Waals surface area contributed by atoms with E-state index in [1.165, 1.54) is 0 Å². The van der Waals surface area contributed by atoms with Crippen molar-refractivity contribution in [1.29, 1.82) is 0 Å². The summed E-state index contributed by atoms with van der Waals surface area (Å²) in [6, 6.07) is 2.25. The van der Waals surface area contributed by atoms with Crippen molar-refractivity contribution in [2.24, 2.45) is 5.92 Å². The predicted molar refractivity (Wildman–Crippen MR) is 70.2 cm³/mol. The number of hydrogen-bond donors (Lipinski definition) is 1. The van der Waals surface area contributed by atoms with E-state index in [-0.39, 0.29) is 6.04 Å². The van der Waals surface area contributed by atoms with Crippen LogP contribution in [-0.4, -0.2) is 29.2 Å². The minimum atomic E-state index is 0.281. The molecule has 1 aromatic heterocycles. The summed E-state index contributed by atoms with van der Waals surface area (Å²) in [5, 5.41) is 3.42. The molecular formula is C13H23N3O. The highest BCUT2D eigenvalue weighted by atomic mass is 16.5. The van der Waals surface area contributed by atoms with Gasteiger partial charge in [0.25, 0.3) is 0 Å². The Bertz CT molecular complexity index is 332. The van der Waals surface area contributed by atoms with Crippen LogP contribution in [0.2, 0.25) is 0 Å². The first-order chi connectivity index (χ1) is 8.02. The highest BCUT2D eigenvalue weighted by Gasteiger charge is 2.14. The molecule has 1 rings (SSSR count). The van der Waals surface area contributed by atoms with Crippen LogP contribution in [-0.2, 0) is 4.74 Å². The molecule has 0 saturated heterocycles. The molecule has 96 valence electrons. The molecule has 0 aliphatic rings. The van der Waals surface area contributed by atoms with Gasteiger partial charge in [-0.05, 0) is 26.7 Å². The Kier molecular flexibility index (Phi) is 5.35. The first kappa shape index (κ1) is 13.9. The summed E-state index contributed by atoms with van der Waals surface area (Å²) in [7, 11) is 0. The standard InChI is InChI=1S/C13H23N3O/c1-6-17-8-12(9(2)3)16-13-7-10(4)14-11(5)15-13/h7,9,12H,6,8H2,1-5H3,(H,14,15,16). The molecule has 1 heterocycles. The zero-order chi connectivity index (χ0) is 12.8. The maximum Gasteiger partial charge on any atom is 0.130 e. The molecule has 0 amide bonds. The second-order valence-corrected chi connectivity index (χ2v) is 4.60. The van der Waals surface area contributed by atoms with Crippen molar-refractivity contribution in [3.63, 3.8) is 0 Å². The molecule has 0 saturated carbocycles. The first-order valence-corrected chi connectivity index (χ1v) is 6.19. The molecule has 1 N–H and O–H groups in total. The Morgan fingerprint density at radius 1 is 1.29 bits per heavy atom. The van der Waals surface area contributed by atoms with Crippen LogP contribution in [0.1, 0.15) is 32.3 Å². The van der Waals surface area contributed by atoms with Gasteiger partial charge >= 0.3 is 0 Å². The van der Waals surface area contributed by atoms with Crippen LogP contribution < -0.4 is 5.32 Å². The molecule has 1 unspecified atom stereocenters. The highest BCUT2D eigenvalue weighted by Crippen LogP contribution is 2.12. The maximum absolute atomic E-state index is 5.48. The van der Waals surface area contributed by atoms with E-state index in [0.717, 1.165) is 23.9 Å². The van der Waals surface area contributed by atoms with Crippen LogP contribution in [0.5, 0.6) is 0 Å². The maximum atomic E-state index is 5.48. The van der Waals surface area contributed by atoms with E-state index in [2.05, 4.69) is 29.1 Å². The molecule has 17 heavy (non-hydrogen) atoms. The third-order valence-electron chi connectivity index (χ3n) is 2.61. The Labute approximate surface area is 104 Å². The summed E-state index contributed by atoms with van der Waals surface area (Å²) < 4.78 is 5.48. The van der Waals surface area contributed by atoms with Gasteiger partial charge in [0.05, 0.1) is 12.6 Å². The minimum absolute atomic E-state index is 0.281. The fourth-order valence-electron chi connectivity index (χ4n) is 1.63. The minimum Gasteiger partial charge on any atom is -0.380 e. The summed E-state index contributed by atoms with van der Waals surface area (Å²) in [6.07, 6.45) is 0. The number of nitrogens with zero attached hydrogens (tertiary/aromatic N) is 2. The van der Waals surface area contributed by atoms with Crippen molar-refractivity contribution in [2.75, 3.05) is 18.5 Å². The van der Waals surface area contributed by atoms with E-state index in [0.29, 0.717) is 12.5 Å². The lowest BCUT2D eigenvalue weighted by Crippen LogP contribution is -2.31. The van der Waals surface area contributed by atoms with E-state index in [9.17, 15) is 0 Å². The number of hydrogen-bond acceptors (Lipinski definition) is 4. The molecule has 0 aliphatic heterocycles. The molecule has 0 aliphatic carbocycles. The van der Waals surface area contributed by atoms with Gasteiger partial charge in [-0.1, -0.05) is 13.8 Å². The van der Waals surface area contributed by atoms with Gasteiger partial charge in [0.1, 0.15) is 11.6 Å². The molecule has 0 radical (unpaired) electrons. The van der Waals surface area contributed by atoms with E-state index >= 15 is 0 Å². The van der Waals surface area contributed by atoms with Crippen molar-refractivity contribution in [1.82, 2.24) is 9.97 Å². The van der Waals surface area contributed by atoms with Gasteiger partial charge < -0.3 is 10.1 Å². The van der Waals surface area contributed by atoms with Gasteiger partial charge in [-0.25, -0.2) is 9.97 Å². The summed E-state index contributed by atoms with van der Waals surface area (Å²) in [5.74, 6) is 2.18. The normalized spacial score (nSPS) is 12.8. The third-order valence-corrected chi connectivity index (χ3v) is 2.61. The Morgan fingerprint density at radius 3 is 2.53 bits per heavy atom. The van der Waals surface area contributed by atoms with E-state index < -0.39 is 0 Å². The lowest BCUT2D eigenvalue weighted by atomic mass is 10.1. The fraction of sp³-hybridized carbons (Fsp3) is 0.692. The molecule has 4 nitrogen and oxygen atoms in total. The topological polar surface area (TPSA) is 47.0 Å². The van der Waals surface area contributed by atoms with Crippen LogP contribution >= 0.6 is 0 Å². The SMILES string of the molecule is CCOCC(Nc1cc(C)nc(C)n1)C(C)C. The Balaban J connectivity index is 2.71. The number of aromatic nitrogens is 2. The molecule has 0 spiro atoms. The molecular weight excluding hydrogens is 214 g/mol. The first-order valence-electron chi connectivity index (χ1n) is 6.19. The van der Waals surface area contributed by atoms with Gasteiger partial charge in [-0.2, -0.15) is 0 Å². The van der Waals surface area contributed by atoms with Crippen LogP contribution in [0, 0.1) is 19.8 Å². The summed E-state index contributed by atoms with van der Waals surface area (Å²) in [6.45, 7) is 11.7. The second kappa shape index (κ2) is 6.55. The highest BCUT2D eigenvalue weighted by molar-refractivity contribution is 5.37. The molecule has 1 aromatic rings. The average molecular weight is 237 g/mol. The molecule has 1 atom stereocenters. The Hall–Kier alpha value is -1.16.